The number of fused-ring (bicyclic) bond motifs is 3. The van der Waals surface area contributed by atoms with Crippen LogP contribution in [0.1, 0.15) is 68.8 Å². The van der Waals surface area contributed by atoms with Gasteiger partial charge in [-0.3, -0.25) is 10.1 Å². The van der Waals surface area contributed by atoms with E-state index in [0.29, 0.717) is 30.2 Å². The minimum atomic E-state index is -0.319. The molecule has 244 valence electrons. The summed E-state index contributed by atoms with van der Waals surface area (Å²) < 4.78 is 12.7. The van der Waals surface area contributed by atoms with Crippen molar-refractivity contribution >= 4 is 23.4 Å². The highest BCUT2D eigenvalue weighted by Crippen LogP contribution is 2.41. The number of urea groups is 1. The summed E-state index contributed by atoms with van der Waals surface area (Å²) in [6.07, 6.45) is 5.56. The first-order valence-electron chi connectivity index (χ1n) is 16.6. The molecule has 0 radical (unpaired) electrons. The molecule has 4 heterocycles. The highest BCUT2D eigenvalue weighted by atomic mass is 16.7. The van der Waals surface area contributed by atoms with Crippen LogP contribution in [0.2, 0.25) is 0 Å². The van der Waals surface area contributed by atoms with Gasteiger partial charge in [-0.15, -0.1) is 0 Å². The number of hydrogen-bond donors (Lipinski definition) is 2. The van der Waals surface area contributed by atoms with E-state index >= 15 is 0 Å². The van der Waals surface area contributed by atoms with Gasteiger partial charge in [0.1, 0.15) is 5.82 Å². The molecule has 2 bridgehead atoms. The van der Waals surface area contributed by atoms with Crippen molar-refractivity contribution in [3.8, 4) is 17.2 Å². The second-order valence-corrected chi connectivity index (χ2v) is 14.3. The summed E-state index contributed by atoms with van der Waals surface area (Å²) in [6, 6.07) is 24.2. The average Bonchev–Trinajstić information content (AvgIpc) is 3.74. The summed E-state index contributed by atoms with van der Waals surface area (Å²) in [5.41, 5.74) is 5.72. The highest BCUT2D eigenvalue weighted by Gasteiger charge is 2.42. The zero-order valence-corrected chi connectivity index (χ0v) is 27.6. The molecule has 3 aliphatic rings. The third kappa shape index (κ3) is 6.70. The minimum absolute atomic E-state index is 0.168. The van der Waals surface area contributed by atoms with Crippen molar-refractivity contribution in [3.05, 3.63) is 95.2 Å². The molecule has 1 aromatic heterocycles. The Bertz CT molecular complexity index is 1760. The molecule has 9 heteroatoms. The molecular formula is C38H43N5O4. The van der Waals surface area contributed by atoms with E-state index < -0.39 is 0 Å². The molecule has 2 atom stereocenters. The molecule has 2 N–H and O–H groups in total. The van der Waals surface area contributed by atoms with Crippen molar-refractivity contribution < 1.29 is 19.1 Å². The zero-order chi connectivity index (χ0) is 32.7. The van der Waals surface area contributed by atoms with Gasteiger partial charge in [0, 0.05) is 29.3 Å². The number of ether oxygens (including phenoxy) is 2. The third-order valence-corrected chi connectivity index (χ3v) is 9.65. The zero-order valence-electron chi connectivity index (χ0n) is 27.6. The lowest BCUT2D eigenvalue weighted by Gasteiger charge is -2.39. The first-order chi connectivity index (χ1) is 22.6. The first kappa shape index (κ1) is 30.8. The maximum Gasteiger partial charge on any atom is 0.324 e. The Morgan fingerprint density at radius 2 is 1.53 bits per heavy atom. The summed E-state index contributed by atoms with van der Waals surface area (Å²) in [4.78, 5) is 28.7. The maximum absolute atomic E-state index is 13.4. The minimum Gasteiger partial charge on any atom is -0.454 e. The molecule has 7 rings (SSSR count). The van der Waals surface area contributed by atoms with E-state index in [4.69, 9.17) is 14.6 Å². The fourth-order valence-corrected chi connectivity index (χ4v) is 7.24. The number of piperidine rings is 1. The monoisotopic (exact) mass is 633 g/mol. The molecule has 0 saturated carbocycles. The normalized spacial score (nSPS) is 19.9. The largest absolute Gasteiger partial charge is 0.454 e. The van der Waals surface area contributed by atoms with Crippen LogP contribution in [0.3, 0.4) is 0 Å². The van der Waals surface area contributed by atoms with Crippen molar-refractivity contribution in [3.63, 3.8) is 0 Å². The maximum atomic E-state index is 13.4. The molecule has 3 amide bonds. The molecule has 3 aliphatic heterocycles. The summed E-state index contributed by atoms with van der Waals surface area (Å²) in [7, 11) is 0. The van der Waals surface area contributed by atoms with Gasteiger partial charge < -0.3 is 19.7 Å². The molecule has 0 spiro atoms. The molecule has 0 aliphatic carbocycles. The van der Waals surface area contributed by atoms with Gasteiger partial charge in [-0.05, 0) is 92.5 Å². The topological polar surface area (TPSA) is 97.7 Å². The van der Waals surface area contributed by atoms with Crippen LogP contribution in [0.25, 0.3) is 5.69 Å². The van der Waals surface area contributed by atoms with Crippen LogP contribution in [0.4, 0.5) is 16.3 Å². The highest BCUT2D eigenvalue weighted by molar-refractivity contribution is 5.99. The van der Waals surface area contributed by atoms with E-state index in [1.54, 1.807) is 4.68 Å². The van der Waals surface area contributed by atoms with E-state index in [0.717, 1.165) is 71.8 Å². The van der Waals surface area contributed by atoms with E-state index in [2.05, 4.69) is 48.4 Å². The van der Waals surface area contributed by atoms with Crippen molar-refractivity contribution in [1.82, 2.24) is 14.7 Å². The molecule has 2 unspecified atom stereocenters. The van der Waals surface area contributed by atoms with E-state index in [-0.39, 0.29) is 24.1 Å². The van der Waals surface area contributed by atoms with E-state index in [1.807, 2.05) is 67.6 Å². The van der Waals surface area contributed by atoms with Crippen LogP contribution in [0, 0.1) is 12.8 Å². The standard InChI is InChI=1S/C38H43N5O4/c1-24-5-12-29(13-6-24)43-35(22-34(41-43)38(2,3)4)40-37(45)39-28-10-7-25(8-11-28)17-27-18-30-14-15-31(19-27)42(30)36(44)21-26-9-16-32-33(20-26)47-23-46-32/h5-13,16,20,22,27,30-31H,14-15,17-19,21,23H2,1-4H3,(H2,39,40,45). The predicted octanol–water partition coefficient (Wildman–Crippen LogP) is 7.41. The second-order valence-electron chi connectivity index (χ2n) is 14.3. The number of rotatable bonds is 7. The number of amides is 3. The van der Waals surface area contributed by atoms with Gasteiger partial charge in [-0.1, -0.05) is 56.7 Å². The molecule has 2 saturated heterocycles. The van der Waals surface area contributed by atoms with Crippen LogP contribution < -0.4 is 20.1 Å². The Kier molecular flexibility index (Phi) is 8.16. The first-order valence-corrected chi connectivity index (χ1v) is 16.6. The Balaban J connectivity index is 0.944. The van der Waals surface area contributed by atoms with Gasteiger partial charge in [0.2, 0.25) is 12.7 Å². The molecule has 2 fully saturated rings. The van der Waals surface area contributed by atoms with E-state index in [9.17, 15) is 9.59 Å². The van der Waals surface area contributed by atoms with Crippen molar-refractivity contribution in [2.45, 2.75) is 83.7 Å². The lowest BCUT2D eigenvalue weighted by Crippen LogP contribution is -2.47. The number of nitrogens with one attached hydrogen (secondary N) is 2. The Hall–Kier alpha value is -4.79. The lowest BCUT2D eigenvalue weighted by molar-refractivity contribution is -0.135. The number of anilines is 2. The SMILES string of the molecule is Cc1ccc(-n2nc(C(C)(C)C)cc2NC(=O)Nc2ccc(CC3CC4CCC(C3)N4C(=O)Cc3ccc4c(c3)OCO4)cc2)cc1. The van der Waals surface area contributed by atoms with Crippen LogP contribution in [-0.4, -0.2) is 45.5 Å². The Morgan fingerprint density at radius 1 is 0.851 bits per heavy atom. The molecule has 4 aromatic rings. The number of hydrogen-bond acceptors (Lipinski definition) is 5. The summed E-state index contributed by atoms with van der Waals surface area (Å²) in [5.74, 6) is 2.82. The molecule has 3 aromatic carbocycles. The van der Waals surface area contributed by atoms with Crippen molar-refractivity contribution in [1.29, 1.82) is 0 Å². The molecular weight excluding hydrogens is 590 g/mol. The number of aryl methyl sites for hydroxylation is 1. The van der Waals surface area contributed by atoms with Gasteiger partial charge in [-0.25, -0.2) is 9.48 Å². The predicted molar refractivity (Wildman–Crippen MR) is 182 cm³/mol. The number of nitrogens with zero attached hydrogens (tertiary/aromatic N) is 3. The van der Waals surface area contributed by atoms with Gasteiger partial charge in [-0.2, -0.15) is 5.10 Å². The number of aromatic nitrogens is 2. The summed E-state index contributed by atoms with van der Waals surface area (Å²) in [5, 5.41) is 10.8. The average molecular weight is 634 g/mol. The number of benzene rings is 3. The summed E-state index contributed by atoms with van der Waals surface area (Å²) >= 11 is 0. The van der Waals surface area contributed by atoms with Crippen LogP contribution in [0.5, 0.6) is 11.5 Å². The molecule has 47 heavy (non-hydrogen) atoms. The lowest BCUT2D eigenvalue weighted by atomic mass is 9.85. The third-order valence-electron chi connectivity index (χ3n) is 9.65. The number of carbonyl (C=O) groups excluding carboxylic acids is 2. The fraction of sp³-hybridized carbons (Fsp3) is 0.395. The van der Waals surface area contributed by atoms with Crippen LogP contribution in [-0.2, 0) is 23.1 Å². The smallest absolute Gasteiger partial charge is 0.324 e. The molecule has 9 nitrogen and oxygen atoms in total. The van der Waals surface area contributed by atoms with Crippen molar-refractivity contribution in [2.24, 2.45) is 5.92 Å². The number of carbonyl (C=O) groups is 2. The summed E-state index contributed by atoms with van der Waals surface area (Å²) in [6.45, 7) is 8.61. The van der Waals surface area contributed by atoms with Gasteiger partial charge in [0.15, 0.2) is 11.5 Å². The Morgan fingerprint density at radius 3 is 2.23 bits per heavy atom. The Labute approximate surface area is 276 Å². The van der Waals surface area contributed by atoms with Crippen molar-refractivity contribution in [2.75, 3.05) is 17.4 Å². The van der Waals surface area contributed by atoms with Gasteiger partial charge >= 0.3 is 6.03 Å². The quantitative estimate of drug-likeness (QED) is 0.221. The van der Waals surface area contributed by atoms with Gasteiger partial charge in [0.05, 0.1) is 17.8 Å². The fourth-order valence-electron chi connectivity index (χ4n) is 7.24. The van der Waals surface area contributed by atoms with Gasteiger partial charge in [0.25, 0.3) is 0 Å². The second kappa shape index (κ2) is 12.4. The van der Waals surface area contributed by atoms with Crippen LogP contribution in [0.15, 0.2) is 72.8 Å². The van der Waals surface area contributed by atoms with Crippen LogP contribution >= 0.6 is 0 Å². The van der Waals surface area contributed by atoms with E-state index in [1.165, 1.54) is 5.56 Å².